The lowest BCUT2D eigenvalue weighted by atomic mass is 10.1. The average Bonchev–Trinajstić information content (AvgIpc) is 2.52. The molecule has 6 heteroatoms. The number of aryl methyl sites for hydroxylation is 1. The van der Waals surface area contributed by atoms with Crippen LogP contribution >= 0.6 is 0 Å². The van der Waals surface area contributed by atoms with Crippen molar-refractivity contribution in [3.63, 3.8) is 0 Å². The molecule has 4 atom stereocenters. The monoisotopic (exact) mass is 240 g/mol. The van der Waals surface area contributed by atoms with E-state index in [0.29, 0.717) is 12.0 Å². The third-order valence-corrected chi connectivity index (χ3v) is 3.27. The summed E-state index contributed by atoms with van der Waals surface area (Å²) in [6.07, 6.45) is -0.668. The van der Waals surface area contributed by atoms with Crippen molar-refractivity contribution in [3.05, 3.63) is 22.1 Å². The normalized spacial score (nSPS) is 34.3. The van der Waals surface area contributed by atoms with E-state index in [0.717, 1.165) is 0 Å². The van der Waals surface area contributed by atoms with E-state index in [2.05, 4.69) is 4.98 Å². The summed E-state index contributed by atoms with van der Waals surface area (Å²) < 4.78 is 26.5. The molecule has 1 fully saturated rings. The number of nitrogens with zero attached hydrogens (tertiary/aromatic N) is 2. The number of halogens is 1. The summed E-state index contributed by atoms with van der Waals surface area (Å²) in [6.45, 7) is 3.54. The minimum atomic E-state index is -1.21. The van der Waals surface area contributed by atoms with Gasteiger partial charge in [-0.1, -0.05) is 6.92 Å². The van der Waals surface area contributed by atoms with E-state index in [4.69, 9.17) is 9.47 Å². The van der Waals surface area contributed by atoms with Gasteiger partial charge in [0.05, 0.1) is 0 Å². The maximum atomic E-state index is 14.0. The first-order valence-corrected chi connectivity index (χ1v) is 5.67. The highest BCUT2D eigenvalue weighted by molar-refractivity contribution is 5.14. The van der Waals surface area contributed by atoms with Gasteiger partial charge in [0.25, 0.3) is 5.56 Å². The maximum Gasteiger partial charge on any atom is 0.302 e. The van der Waals surface area contributed by atoms with Gasteiger partial charge in [-0.25, -0.2) is 4.39 Å². The second-order valence-corrected chi connectivity index (χ2v) is 4.42. The number of rotatable bonds is 1. The molecule has 2 aliphatic rings. The fraction of sp³-hybridized carbons (Fsp3) is 0.636. The lowest BCUT2D eigenvalue weighted by Crippen LogP contribution is -2.40. The van der Waals surface area contributed by atoms with Gasteiger partial charge in [-0.3, -0.25) is 9.36 Å². The Morgan fingerprint density at radius 1 is 1.59 bits per heavy atom. The van der Waals surface area contributed by atoms with Crippen LogP contribution in [0.4, 0.5) is 4.39 Å². The second kappa shape index (κ2) is 3.53. The molecule has 92 valence electrons. The highest BCUT2D eigenvalue weighted by Crippen LogP contribution is 2.40. The van der Waals surface area contributed by atoms with Crippen LogP contribution in [-0.2, 0) is 4.74 Å². The Balaban J connectivity index is 2.10. The molecule has 1 unspecified atom stereocenters. The molecular weight excluding hydrogens is 227 g/mol. The Labute approximate surface area is 97.2 Å². The van der Waals surface area contributed by atoms with Crippen LogP contribution in [0.15, 0.2) is 11.0 Å². The van der Waals surface area contributed by atoms with Crippen molar-refractivity contribution in [2.45, 2.75) is 44.9 Å². The quantitative estimate of drug-likeness (QED) is 0.733. The Morgan fingerprint density at radius 3 is 3.06 bits per heavy atom. The number of aromatic nitrogens is 2. The van der Waals surface area contributed by atoms with Gasteiger partial charge in [-0.2, -0.15) is 4.98 Å². The van der Waals surface area contributed by atoms with Crippen LogP contribution in [-0.4, -0.2) is 27.9 Å². The molecule has 5 nitrogen and oxygen atoms in total. The molecule has 1 aromatic heterocycles. The molecule has 1 saturated heterocycles. The van der Waals surface area contributed by atoms with Crippen molar-refractivity contribution in [2.75, 3.05) is 0 Å². The van der Waals surface area contributed by atoms with Gasteiger partial charge in [0.1, 0.15) is 6.10 Å². The predicted octanol–water partition coefficient (Wildman–Crippen LogP) is 0.958. The zero-order chi connectivity index (χ0) is 12.2. The average molecular weight is 240 g/mol. The zero-order valence-corrected chi connectivity index (χ0v) is 9.59. The van der Waals surface area contributed by atoms with Crippen molar-refractivity contribution >= 4 is 0 Å². The fourth-order valence-corrected chi connectivity index (χ4v) is 2.33. The molecule has 2 bridgehead atoms. The van der Waals surface area contributed by atoms with E-state index in [1.807, 2.05) is 6.92 Å². The number of alkyl halides is 1. The zero-order valence-electron chi connectivity index (χ0n) is 9.59. The number of ether oxygens (including phenoxy) is 2. The number of fused-ring (bicyclic) bond motifs is 4. The largest absolute Gasteiger partial charge is 0.455 e. The molecular formula is C11H13FN2O3. The van der Waals surface area contributed by atoms with Crippen molar-refractivity contribution in [1.82, 2.24) is 9.55 Å². The Morgan fingerprint density at radius 2 is 2.35 bits per heavy atom. The van der Waals surface area contributed by atoms with Gasteiger partial charge in [-0.15, -0.1) is 0 Å². The molecule has 17 heavy (non-hydrogen) atoms. The van der Waals surface area contributed by atoms with E-state index in [9.17, 15) is 9.18 Å². The molecule has 0 saturated carbocycles. The van der Waals surface area contributed by atoms with Gasteiger partial charge < -0.3 is 9.47 Å². The van der Waals surface area contributed by atoms with Gasteiger partial charge in [0.15, 0.2) is 18.5 Å². The third kappa shape index (κ3) is 1.40. The Kier molecular flexibility index (Phi) is 2.22. The van der Waals surface area contributed by atoms with Crippen LogP contribution < -0.4 is 10.3 Å². The van der Waals surface area contributed by atoms with Crippen molar-refractivity contribution < 1.29 is 13.9 Å². The van der Waals surface area contributed by atoms with Crippen molar-refractivity contribution in [2.24, 2.45) is 0 Å². The first kappa shape index (κ1) is 10.7. The summed E-state index contributed by atoms with van der Waals surface area (Å²) in [7, 11) is 0. The summed E-state index contributed by atoms with van der Waals surface area (Å²) >= 11 is 0. The molecule has 0 amide bonds. The Bertz CT molecular complexity index is 516. The summed E-state index contributed by atoms with van der Waals surface area (Å²) in [5.74, 6) is 0. The van der Waals surface area contributed by atoms with E-state index < -0.39 is 18.5 Å². The van der Waals surface area contributed by atoms with Gasteiger partial charge in [0.2, 0.25) is 0 Å². The molecule has 3 rings (SSSR count). The second-order valence-electron chi connectivity index (χ2n) is 4.42. The standard InChI is InChI=1S/C11H13FN2O3/c1-3-6-8-7(12)10(16-6)14-4-5(2)9(15)13-11(14)17-8/h4,6-8,10H,3H2,1-2H3/t6-,7?,8+,10+/m1/s1. The van der Waals surface area contributed by atoms with E-state index in [1.165, 1.54) is 10.8 Å². The van der Waals surface area contributed by atoms with Crippen LogP contribution in [0.25, 0.3) is 0 Å². The highest BCUT2D eigenvalue weighted by atomic mass is 19.1. The smallest absolute Gasteiger partial charge is 0.302 e. The molecule has 0 spiro atoms. The third-order valence-electron chi connectivity index (χ3n) is 3.27. The van der Waals surface area contributed by atoms with Crippen molar-refractivity contribution in [1.29, 1.82) is 0 Å². The van der Waals surface area contributed by atoms with Crippen molar-refractivity contribution in [3.8, 4) is 6.01 Å². The number of hydrogen-bond donors (Lipinski definition) is 0. The molecule has 0 aliphatic carbocycles. The summed E-state index contributed by atoms with van der Waals surface area (Å²) in [6, 6.07) is 0.153. The lowest BCUT2D eigenvalue weighted by molar-refractivity contribution is -0.0201. The molecule has 3 heterocycles. The first-order chi connectivity index (χ1) is 8.11. The van der Waals surface area contributed by atoms with Crippen LogP contribution in [0.5, 0.6) is 6.01 Å². The molecule has 0 radical (unpaired) electrons. The van der Waals surface area contributed by atoms with E-state index in [-0.39, 0.29) is 17.7 Å². The van der Waals surface area contributed by atoms with Crippen LogP contribution in [0, 0.1) is 6.92 Å². The van der Waals surface area contributed by atoms with E-state index >= 15 is 0 Å². The molecule has 2 aliphatic heterocycles. The van der Waals surface area contributed by atoms with Gasteiger partial charge in [-0.05, 0) is 13.3 Å². The minimum Gasteiger partial charge on any atom is -0.455 e. The molecule has 1 aromatic rings. The molecule has 0 N–H and O–H groups in total. The Hall–Kier alpha value is -1.43. The predicted molar refractivity (Wildman–Crippen MR) is 56.7 cm³/mol. The fourth-order valence-electron chi connectivity index (χ4n) is 2.33. The van der Waals surface area contributed by atoms with E-state index in [1.54, 1.807) is 6.92 Å². The lowest BCUT2D eigenvalue weighted by Gasteiger charge is -2.26. The van der Waals surface area contributed by atoms with Gasteiger partial charge >= 0.3 is 6.01 Å². The van der Waals surface area contributed by atoms with Gasteiger partial charge in [0, 0.05) is 11.8 Å². The van der Waals surface area contributed by atoms with Crippen LogP contribution in [0.2, 0.25) is 0 Å². The van der Waals surface area contributed by atoms with Crippen LogP contribution in [0.1, 0.15) is 25.1 Å². The SMILES string of the molecule is CC[C@H]1O[C@H]2C(F)[C@H]1Oc1nc(=O)c(C)cn12. The van der Waals surface area contributed by atoms with Crippen LogP contribution in [0.3, 0.4) is 0 Å². The first-order valence-electron chi connectivity index (χ1n) is 5.67. The minimum absolute atomic E-state index is 0.153. The molecule has 0 aromatic carbocycles. The topological polar surface area (TPSA) is 53.4 Å². The number of hydrogen-bond acceptors (Lipinski definition) is 4. The summed E-state index contributed by atoms with van der Waals surface area (Å²) in [5.41, 5.74) is 0.104. The summed E-state index contributed by atoms with van der Waals surface area (Å²) in [4.78, 5) is 15.2. The maximum absolute atomic E-state index is 14.0. The highest BCUT2D eigenvalue weighted by Gasteiger charge is 2.51. The summed E-state index contributed by atoms with van der Waals surface area (Å²) in [5, 5.41) is 0.